The van der Waals surface area contributed by atoms with E-state index in [1.807, 2.05) is 18.4 Å². The van der Waals surface area contributed by atoms with Gasteiger partial charge in [-0.05, 0) is 100 Å². The third kappa shape index (κ3) is 5.36. The molecule has 0 aromatic heterocycles. The molecule has 2 nitrogen and oxygen atoms in total. The second kappa shape index (κ2) is 11.1. The van der Waals surface area contributed by atoms with Crippen LogP contribution in [0, 0.1) is 23.5 Å². The number of allylic oxidation sites excluding steroid dienone is 5. The van der Waals surface area contributed by atoms with Crippen molar-refractivity contribution < 1.29 is 13.6 Å². The zero-order valence-electron chi connectivity index (χ0n) is 23.6. The molecule has 0 radical (unpaired) electrons. The predicted octanol–water partition coefficient (Wildman–Crippen LogP) is 7.27. The second-order valence-electron chi connectivity index (χ2n) is 12.0. The fourth-order valence-corrected chi connectivity index (χ4v) is 6.43. The predicted molar refractivity (Wildman–Crippen MR) is 162 cm³/mol. The summed E-state index contributed by atoms with van der Waals surface area (Å²) in [5.41, 5.74) is 6.35. The number of ketones is 1. The summed E-state index contributed by atoms with van der Waals surface area (Å²) in [7, 11) is 0. The first-order valence-corrected chi connectivity index (χ1v) is 14.5. The van der Waals surface area contributed by atoms with Gasteiger partial charge >= 0.3 is 0 Å². The molecule has 208 valence electrons. The Hall–Kier alpha value is -4.05. The van der Waals surface area contributed by atoms with Gasteiger partial charge in [0.25, 0.3) is 0 Å². The molecule has 0 saturated heterocycles. The summed E-state index contributed by atoms with van der Waals surface area (Å²) in [6.45, 7) is 4.29. The van der Waals surface area contributed by atoms with Crippen LogP contribution in [-0.2, 0) is 11.8 Å². The SMILES string of the molecule is C1=CC=C(C2CCC2)NC=C1.CC1(C)CC(C(=O)c2ccc(F)c(F)c2)C=c2c1ccc1c2=CCc2ccccc2-1. The summed E-state index contributed by atoms with van der Waals surface area (Å²) in [5, 5.41) is 5.57. The van der Waals surface area contributed by atoms with E-state index in [9.17, 15) is 13.6 Å². The van der Waals surface area contributed by atoms with E-state index >= 15 is 0 Å². The zero-order valence-corrected chi connectivity index (χ0v) is 23.6. The number of hydrogen-bond donors (Lipinski definition) is 1. The molecule has 41 heavy (non-hydrogen) atoms. The van der Waals surface area contributed by atoms with Crippen LogP contribution in [0.25, 0.3) is 23.3 Å². The summed E-state index contributed by atoms with van der Waals surface area (Å²) >= 11 is 0. The molecule has 0 bridgehead atoms. The molecule has 1 heterocycles. The molecule has 1 unspecified atom stereocenters. The van der Waals surface area contributed by atoms with E-state index in [0.29, 0.717) is 6.42 Å². The summed E-state index contributed by atoms with van der Waals surface area (Å²) in [6.07, 6.45) is 20.3. The minimum atomic E-state index is -0.987. The van der Waals surface area contributed by atoms with Gasteiger partial charge < -0.3 is 5.32 Å². The monoisotopic (exact) mass is 547 g/mol. The molecule has 0 amide bonds. The van der Waals surface area contributed by atoms with Crippen LogP contribution >= 0.6 is 0 Å². The normalized spacial score (nSPS) is 19.7. The van der Waals surface area contributed by atoms with Crippen LogP contribution in [0.4, 0.5) is 8.78 Å². The van der Waals surface area contributed by atoms with Crippen molar-refractivity contribution in [3.63, 3.8) is 0 Å². The number of rotatable bonds is 3. The Morgan fingerprint density at radius 3 is 2.51 bits per heavy atom. The average molecular weight is 548 g/mol. The van der Waals surface area contributed by atoms with Crippen molar-refractivity contribution in [3.05, 3.63) is 130 Å². The van der Waals surface area contributed by atoms with Crippen molar-refractivity contribution in [1.29, 1.82) is 0 Å². The molecule has 1 N–H and O–H groups in total. The molecule has 3 aliphatic carbocycles. The number of carbonyl (C=O) groups is 1. The van der Waals surface area contributed by atoms with E-state index in [1.165, 1.54) is 58.5 Å². The Bertz CT molecular complexity index is 1720. The van der Waals surface area contributed by atoms with Crippen LogP contribution in [0.2, 0.25) is 0 Å². The van der Waals surface area contributed by atoms with E-state index in [1.54, 1.807) is 0 Å². The smallest absolute Gasteiger partial charge is 0.169 e. The highest BCUT2D eigenvalue weighted by atomic mass is 19.2. The highest BCUT2D eigenvalue weighted by Crippen LogP contribution is 2.35. The van der Waals surface area contributed by atoms with Crippen molar-refractivity contribution in [3.8, 4) is 11.1 Å². The third-order valence-electron chi connectivity index (χ3n) is 8.88. The largest absolute Gasteiger partial charge is 0.365 e. The van der Waals surface area contributed by atoms with Crippen LogP contribution in [-0.4, -0.2) is 5.78 Å². The Kier molecular flexibility index (Phi) is 7.33. The lowest BCUT2D eigenvalue weighted by molar-refractivity contribution is 0.0933. The van der Waals surface area contributed by atoms with E-state index in [-0.39, 0.29) is 22.7 Å². The van der Waals surface area contributed by atoms with Gasteiger partial charge in [0.15, 0.2) is 17.4 Å². The average Bonchev–Trinajstić information content (AvgIpc) is 3.22. The van der Waals surface area contributed by atoms with Crippen molar-refractivity contribution >= 4 is 17.9 Å². The number of fused-ring (bicyclic) bond motifs is 5. The number of hydrogen-bond acceptors (Lipinski definition) is 2. The third-order valence-corrected chi connectivity index (χ3v) is 8.88. The van der Waals surface area contributed by atoms with Gasteiger partial charge in [-0.15, -0.1) is 0 Å². The quantitative estimate of drug-likeness (QED) is 0.350. The van der Waals surface area contributed by atoms with Crippen LogP contribution < -0.4 is 15.8 Å². The Morgan fingerprint density at radius 1 is 0.902 bits per heavy atom. The number of carbonyl (C=O) groups excluding carboxylic acids is 1. The van der Waals surface area contributed by atoms with E-state index in [4.69, 9.17) is 0 Å². The molecule has 0 spiro atoms. The first-order valence-electron chi connectivity index (χ1n) is 14.5. The minimum absolute atomic E-state index is 0.165. The topological polar surface area (TPSA) is 29.1 Å². The molecule has 4 heteroatoms. The van der Waals surface area contributed by atoms with Crippen LogP contribution in [0.5, 0.6) is 0 Å². The molecule has 3 aromatic rings. The summed E-state index contributed by atoms with van der Waals surface area (Å²) in [6, 6.07) is 16.2. The maximum atomic E-state index is 13.7. The van der Waals surface area contributed by atoms with Crippen LogP contribution in [0.1, 0.15) is 61.0 Å². The molecule has 3 aromatic carbocycles. The second-order valence-corrected chi connectivity index (χ2v) is 12.0. The van der Waals surface area contributed by atoms with Crippen LogP contribution in [0.3, 0.4) is 0 Å². The van der Waals surface area contributed by atoms with Gasteiger partial charge in [0.1, 0.15) is 0 Å². The lowest BCUT2D eigenvalue weighted by atomic mass is 9.69. The molecule has 4 aliphatic rings. The number of Topliss-reactive ketones (excluding diaryl/α,β-unsaturated/α-hetero) is 1. The fourth-order valence-electron chi connectivity index (χ4n) is 6.43. The zero-order chi connectivity index (χ0) is 28.6. The molecule has 1 atom stereocenters. The standard InChI is InChI=1S/C27H22F2O.C10H13N/c1-27(2)15-18(26(30)17-8-12-24(28)25(29)14-17)13-22-21-9-7-16-5-3-4-6-19(16)20(21)10-11-23(22)27;1-2-7-10(11-8-3-1)9-5-4-6-9/h3-6,8-14,18H,7,15H2,1-2H3;1-3,7-9,11H,4-6H2. The van der Waals surface area contributed by atoms with Gasteiger partial charge in [-0.1, -0.05) is 81.0 Å². The van der Waals surface area contributed by atoms with Gasteiger partial charge in [0, 0.05) is 23.4 Å². The van der Waals surface area contributed by atoms with E-state index in [2.05, 4.69) is 79.9 Å². The summed E-state index contributed by atoms with van der Waals surface area (Å²) in [4.78, 5) is 13.2. The molecule has 1 saturated carbocycles. The molecule has 1 aliphatic heterocycles. The van der Waals surface area contributed by atoms with Gasteiger partial charge in [0.2, 0.25) is 0 Å². The van der Waals surface area contributed by atoms with Gasteiger partial charge in [0.05, 0.1) is 0 Å². The Morgan fingerprint density at radius 2 is 1.73 bits per heavy atom. The fraction of sp³-hybridized carbons (Fsp3) is 0.270. The number of halogens is 2. The molecular weight excluding hydrogens is 512 g/mol. The highest BCUT2D eigenvalue weighted by molar-refractivity contribution is 6.01. The number of nitrogens with one attached hydrogen (secondary N) is 1. The van der Waals surface area contributed by atoms with Crippen molar-refractivity contribution in [2.24, 2.45) is 11.8 Å². The first kappa shape index (κ1) is 27.1. The lowest BCUT2D eigenvalue weighted by Gasteiger charge is -2.34. The Labute approximate surface area is 240 Å². The summed E-state index contributed by atoms with van der Waals surface area (Å²) < 4.78 is 27.1. The van der Waals surface area contributed by atoms with Crippen molar-refractivity contribution in [2.45, 2.75) is 51.4 Å². The minimum Gasteiger partial charge on any atom is -0.365 e. The van der Waals surface area contributed by atoms with E-state index in [0.717, 1.165) is 29.7 Å². The van der Waals surface area contributed by atoms with Crippen molar-refractivity contribution in [2.75, 3.05) is 0 Å². The maximum Gasteiger partial charge on any atom is 0.169 e. The van der Waals surface area contributed by atoms with Gasteiger partial charge in [-0.25, -0.2) is 8.78 Å². The molecule has 7 rings (SSSR count). The van der Waals surface area contributed by atoms with Gasteiger partial charge in [-0.2, -0.15) is 0 Å². The summed E-state index contributed by atoms with van der Waals surface area (Å²) in [5.74, 6) is -1.66. The Balaban J connectivity index is 0.000000229. The lowest BCUT2D eigenvalue weighted by Crippen LogP contribution is -2.43. The molecular formula is C37H35F2NO. The maximum absolute atomic E-state index is 13.7. The highest BCUT2D eigenvalue weighted by Gasteiger charge is 2.34. The van der Waals surface area contributed by atoms with Crippen LogP contribution in [0.15, 0.2) is 90.8 Å². The number of benzene rings is 3. The van der Waals surface area contributed by atoms with Gasteiger partial charge in [-0.3, -0.25) is 4.79 Å². The molecule has 1 fully saturated rings. The van der Waals surface area contributed by atoms with Crippen molar-refractivity contribution in [1.82, 2.24) is 5.32 Å². The van der Waals surface area contributed by atoms with E-state index < -0.39 is 11.6 Å². The first-order chi connectivity index (χ1) is 19.8.